The molecule has 1 saturated carbocycles. The smallest absolute Gasteiger partial charge is 0.356 e. The van der Waals surface area contributed by atoms with E-state index in [1.807, 2.05) is 0 Å². The summed E-state index contributed by atoms with van der Waals surface area (Å²) in [5.41, 5.74) is -0.0605. The van der Waals surface area contributed by atoms with Gasteiger partial charge in [0.25, 0.3) is 0 Å². The number of carbonyl (C=O) groups is 1. The number of aromatic carboxylic acids is 1. The Bertz CT molecular complexity index is 385. The maximum Gasteiger partial charge on any atom is 0.356 e. The lowest BCUT2D eigenvalue weighted by molar-refractivity contribution is 0.0690. The zero-order chi connectivity index (χ0) is 12.3. The van der Waals surface area contributed by atoms with Crippen molar-refractivity contribution in [3.63, 3.8) is 0 Å². The van der Waals surface area contributed by atoms with E-state index < -0.39 is 5.97 Å². The van der Waals surface area contributed by atoms with Crippen LogP contribution in [0, 0.1) is 0 Å². The first kappa shape index (κ1) is 11.8. The number of hydrogen-bond acceptors (Lipinski definition) is 5. The Balaban J connectivity index is 1.92. The fourth-order valence-corrected chi connectivity index (χ4v) is 1.94. The van der Waals surface area contributed by atoms with Gasteiger partial charge in [-0.2, -0.15) is 0 Å². The van der Waals surface area contributed by atoms with Gasteiger partial charge in [0.1, 0.15) is 5.82 Å². The summed E-state index contributed by atoms with van der Waals surface area (Å²) in [6.07, 6.45) is 5.84. The standard InChI is InChI=1S/C11H15N3O3/c15-8-3-1-7(2-4-8)14-10-6-12-9(5-13-10)11(16)17/h5-8,15H,1-4H2,(H,13,14)(H,16,17). The normalized spacial score (nSPS) is 24.3. The van der Waals surface area contributed by atoms with E-state index in [1.165, 1.54) is 12.4 Å². The number of carboxylic acids is 1. The van der Waals surface area contributed by atoms with E-state index in [1.54, 1.807) is 0 Å². The van der Waals surface area contributed by atoms with Crippen LogP contribution in [0.5, 0.6) is 0 Å². The Morgan fingerprint density at radius 2 is 1.94 bits per heavy atom. The molecule has 92 valence electrons. The van der Waals surface area contributed by atoms with Gasteiger partial charge in [0, 0.05) is 6.04 Å². The molecule has 1 aromatic rings. The number of rotatable bonds is 3. The number of carboxylic acid groups (broad SMARTS) is 1. The van der Waals surface area contributed by atoms with Gasteiger partial charge in [-0.25, -0.2) is 14.8 Å². The number of anilines is 1. The Labute approximate surface area is 98.7 Å². The third-order valence-corrected chi connectivity index (χ3v) is 2.92. The van der Waals surface area contributed by atoms with Gasteiger partial charge in [0.2, 0.25) is 0 Å². The number of aliphatic hydroxyl groups is 1. The zero-order valence-electron chi connectivity index (χ0n) is 9.33. The molecule has 1 aromatic heterocycles. The molecule has 6 nitrogen and oxygen atoms in total. The summed E-state index contributed by atoms with van der Waals surface area (Å²) in [5.74, 6) is -0.499. The van der Waals surface area contributed by atoms with Crippen molar-refractivity contribution in [1.82, 2.24) is 9.97 Å². The number of aliphatic hydroxyl groups excluding tert-OH is 1. The molecule has 2 rings (SSSR count). The second-order valence-electron chi connectivity index (χ2n) is 4.24. The van der Waals surface area contributed by atoms with Crippen LogP contribution < -0.4 is 5.32 Å². The first-order valence-electron chi connectivity index (χ1n) is 5.65. The third-order valence-electron chi connectivity index (χ3n) is 2.92. The van der Waals surface area contributed by atoms with E-state index in [4.69, 9.17) is 5.11 Å². The topological polar surface area (TPSA) is 95.3 Å². The van der Waals surface area contributed by atoms with Crippen molar-refractivity contribution in [3.05, 3.63) is 18.1 Å². The van der Waals surface area contributed by atoms with Gasteiger partial charge in [-0.15, -0.1) is 0 Å². The Morgan fingerprint density at radius 1 is 1.24 bits per heavy atom. The van der Waals surface area contributed by atoms with Crippen LogP contribution in [0.2, 0.25) is 0 Å². The molecule has 17 heavy (non-hydrogen) atoms. The summed E-state index contributed by atoms with van der Waals surface area (Å²) >= 11 is 0. The maximum atomic E-state index is 10.6. The fraction of sp³-hybridized carbons (Fsp3) is 0.545. The van der Waals surface area contributed by atoms with Crippen LogP contribution in [-0.4, -0.2) is 38.3 Å². The third kappa shape index (κ3) is 3.13. The maximum absolute atomic E-state index is 10.6. The van der Waals surface area contributed by atoms with Gasteiger partial charge < -0.3 is 15.5 Å². The molecule has 0 saturated heterocycles. The molecular weight excluding hydrogens is 222 g/mol. The van der Waals surface area contributed by atoms with Crippen LogP contribution in [0.15, 0.2) is 12.4 Å². The van der Waals surface area contributed by atoms with E-state index in [-0.39, 0.29) is 17.8 Å². The number of aromatic nitrogens is 2. The second kappa shape index (κ2) is 5.09. The quantitative estimate of drug-likeness (QED) is 0.722. The summed E-state index contributed by atoms with van der Waals surface area (Å²) in [4.78, 5) is 18.4. The van der Waals surface area contributed by atoms with Crippen molar-refractivity contribution in [2.45, 2.75) is 37.8 Å². The molecule has 3 N–H and O–H groups in total. The minimum absolute atomic E-state index is 0.0605. The van der Waals surface area contributed by atoms with Crippen LogP contribution in [0.1, 0.15) is 36.2 Å². The lowest BCUT2D eigenvalue weighted by Gasteiger charge is -2.26. The molecule has 0 radical (unpaired) electrons. The van der Waals surface area contributed by atoms with Crippen molar-refractivity contribution in [3.8, 4) is 0 Å². The average Bonchev–Trinajstić information content (AvgIpc) is 2.33. The van der Waals surface area contributed by atoms with Crippen molar-refractivity contribution in [1.29, 1.82) is 0 Å². The van der Waals surface area contributed by atoms with Crippen LogP contribution in [0.25, 0.3) is 0 Å². The first-order chi connectivity index (χ1) is 8.15. The molecule has 0 atom stereocenters. The summed E-state index contributed by atoms with van der Waals surface area (Å²) < 4.78 is 0. The van der Waals surface area contributed by atoms with Gasteiger partial charge in [-0.05, 0) is 25.7 Å². The van der Waals surface area contributed by atoms with E-state index in [0.717, 1.165) is 25.7 Å². The minimum atomic E-state index is -1.08. The van der Waals surface area contributed by atoms with Gasteiger partial charge in [-0.1, -0.05) is 0 Å². The summed E-state index contributed by atoms with van der Waals surface area (Å²) in [5, 5.41) is 21.2. The van der Waals surface area contributed by atoms with Crippen molar-refractivity contribution in [2.75, 3.05) is 5.32 Å². The van der Waals surface area contributed by atoms with Crippen LogP contribution >= 0.6 is 0 Å². The molecule has 1 aliphatic rings. The fourth-order valence-electron chi connectivity index (χ4n) is 1.94. The van der Waals surface area contributed by atoms with E-state index in [9.17, 15) is 9.90 Å². The number of nitrogens with one attached hydrogen (secondary N) is 1. The predicted octanol–water partition coefficient (Wildman–Crippen LogP) is 0.890. The number of nitrogens with zero attached hydrogens (tertiary/aromatic N) is 2. The monoisotopic (exact) mass is 237 g/mol. The Morgan fingerprint density at radius 3 is 2.47 bits per heavy atom. The molecule has 1 fully saturated rings. The second-order valence-corrected chi connectivity index (χ2v) is 4.24. The predicted molar refractivity (Wildman–Crippen MR) is 60.9 cm³/mol. The van der Waals surface area contributed by atoms with Crippen LogP contribution in [0.3, 0.4) is 0 Å². The lowest BCUT2D eigenvalue weighted by Crippen LogP contribution is -2.28. The van der Waals surface area contributed by atoms with Gasteiger partial charge >= 0.3 is 5.97 Å². The van der Waals surface area contributed by atoms with Crippen LogP contribution in [-0.2, 0) is 0 Å². The molecule has 0 bridgehead atoms. The van der Waals surface area contributed by atoms with E-state index in [0.29, 0.717) is 5.82 Å². The molecule has 0 unspecified atom stereocenters. The summed E-state index contributed by atoms with van der Waals surface area (Å²) in [6, 6.07) is 0.281. The SMILES string of the molecule is O=C(O)c1cnc(NC2CCC(O)CC2)cn1. The van der Waals surface area contributed by atoms with Gasteiger partial charge in [0.15, 0.2) is 5.69 Å². The van der Waals surface area contributed by atoms with Gasteiger partial charge in [0.05, 0.1) is 18.5 Å². The van der Waals surface area contributed by atoms with Crippen molar-refractivity contribution < 1.29 is 15.0 Å². The Hall–Kier alpha value is -1.69. The van der Waals surface area contributed by atoms with E-state index >= 15 is 0 Å². The number of hydrogen-bond donors (Lipinski definition) is 3. The van der Waals surface area contributed by atoms with Gasteiger partial charge in [-0.3, -0.25) is 0 Å². The minimum Gasteiger partial charge on any atom is -0.476 e. The lowest BCUT2D eigenvalue weighted by atomic mass is 9.93. The molecule has 6 heteroatoms. The largest absolute Gasteiger partial charge is 0.476 e. The van der Waals surface area contributed by atoms with Crippen molar-refractivity contribution >= 4 is 11.8 Å². The highest BCUT2D eigenvalue weighted by molar-refractivity contribution is 5.84. The molecule has 0 amide bonds. The molecule has 1 heterocycles. The van der Waals surface area contributed by atoms with Crippen molar-refractivity contribution in [2.24, 2.45) is 0 Å². The summed E-state index contributed by atoms with van der Waals surface area (Å²) in [7, 11) is 0. The molecular formula is C11H15N3O3. The molecule has 0 aromatic carbocycles. The van der Waals surface area contributed by atoms with Crippen LogP contribution in [0.4, 0.5) is 5.82 Å². The average molecular weight is 237 g/mol. The highest BCUT2D eigenvalue weighted by Gasteiger charge is 2.19. The Kier molecular flexibility index (Phi) is 3.53. The molecule has 1 aliphatic carbocycles. The molecule has 0 aliphatic heterocycles. The highest BCUT2D eigenvalue weighted by Crippen LogP contribution is 2.20. The first-order valence-corrected chi connectivity index (χ1v) is 5.65. The molecule has 0 spiro atoms. The van der Waals surface area contributed by atoms with E-state index in [2.05, 4.69) is 15.3 Å². The summed E-state index contributed by atoms with van der Waals surface area (Å²) in [6.45, 7) is 0. The zero-order valence-corrected chi connectivity index (χ0v) is 9.33. The highest BCUT2D eigenvalue weighted by atomic mass is 16.4.